The highest BCUT2D eigenvalue weighted by atomic mass is 16.7. The van der Waals surface area contributed by atoms with Gasteiger partial charge in [0.2, 0.25) is 18.6 Å². The maximum atomic E-state index is 13.5. The smallest absolute Gasteiger partial charge is 0.331 e. The van der Waals surface area contributed by atoms with Gasteiger partial charge in [-0.1, -0.05) is 17.3 Å². The predicted molar refractivity (Wildman–Crippen MR) is 128 cm³/mol. The predicted octanol–water partition coefficient (Wildman–Crippen LogP) is 1.86. The average Bonchev–Trinajstić information content (AvgIpc) is 3.50. The van der Waals surface area contributed by atoms with Gasteiger partial charge >= 0.3 is 5.69 Å². The average molecular weight is 493 g/mol. The third-order valence-corrected chi connectivity index (χ3v) is 5.60. The number of aromatic nitrogens is 4. The number of fused-ring (bicyclic) bond motifs is 2. The molecule has 2 aromatic heterocycles. The summed E-state index contributed by atoms with van der Waals surface area (Å²) in [4.78, 5) is 43.9. The number of ether oxygens (including phenoxy) is 3. The Labute approximate surface area is 204 Å². The Hall–Kier alpha value is -4.61. The van der Waals surface area contributed by atoms with Gasteiger partial charge in [-0.25, -0.2) is 4.79 Å². The first-order valence-electron chi connectivity index (χ1n) is 11.3. The SMILES string of the molecule is CCOc1ccccc1NC(=O)Cn1c(=O)n(CCc2nc(C)no2)c(=O)c2cc3c(cc21)OCO3. The molecule has 0 radical (unpaired) electrons. The molecular weight excluding hydrogens is 470 g/mol. The van der Waals surface area contributed by atoms with E-state index in [1.807, 2.05) is 6.92 Å². The van der Waals surface area contributed by atoms with E-state index in [0.717, 1.165) is 4.57 Å². The molecule has 0 aliphatic carbocycles. The second kappa shape index (κ2) is 9.56. The number of hydrogen-bond acceptors (Lipinski definition) is 9. The molecule has 0 atom stereocenters. The van der Waals surface area contributed by atoms with Crippen molar-refractivity contribution in [3.8, 4) is 17.2 Å². The molecule has 36 heavy (non-hydrogen) atoms. The Morgan fingerprint density at radius 3 is 2.67 bits per heavy atom. The Balaban J connectivity index is 1.54. The number of carbonyl (C=O) groups is 1. The summed E-state index contributed by atoms with van der Waals surface area (Å²) in [5.41, 5.74) is -0.453. The minimum atomic E-state index is -0.657. The highest BCUT2D eigenvalue weighted by molar-refractivity contribution is 5.93. The second-order valence-corrected chi connectivity index (χ2v) is 8.01. The van der Waals surface area contributed by atoms with Crippen molar-refractivity contribution in [3.05, 3.63) is 69.0 Å². The van der Waals surface area contributed by atoms with E-state index in [9.17, 15) is 14.4 Å². The summed E-state index contributed by atoms with van der Waals surface area (Å²) in [5, 5.41) is 6.72. The number of anilines is 1. The van der Waals surface area contributed by atoms with E-state index in [1.165, 1.54) is 16.7 Å². The molecule has 2 aromatic carbocycles. The maximum Gasteiger partial charge on any atom is 0.331 e. The highest BCUT2D eigenvalue weighted by Gasteiger charge is 2.22. The van der Waals surface area contributed by atoms with Crippen LogP contribution in [0.4, 0.5) is 5.69 Å². The summed E-state index contributed by atoms with van der Waals surface area (Å²) < 4.78 is 23.8. The number of nitrogens with one attached hydrogen (secondary N) is 1. The molecule has 5 rings (SSSR count). The van der Waals surface area contributed by atoms with Crippen molar-refractivity contribution in [3.63, 3.8) is 0 Å². The number of aryl methyl sites for hydroxylation is 2. The molecule has 12 heteroatoms. The fourth-order valence-corrected chi connectivity index (χ4v) is 3.99. The number of nitrogens with zero attached hydrogens (tertiary/aromatic N) is 4. The number of para-hydroxylation sites is 2. The standard InChI is InChI=1S/C24H23N5O7/c1-3-33-18-7-5-4-6-16(18)26-21(30)12-29-17-11-20-19(34-13-35-20)10-15(17)23(31)28(24(29)32)9-8-22-25-14(2)27-36-22/h4-7,10-11H,3,8-9,12-13H2,1-2H3,(H,26,30). The van der Waals surface area contributed by atoms with Crippen molar-refractivity contribution in [2.45, 2.75) is 33.4 Å². The van der Waals surface area contributed by atoms with Crippen LogP contribution in [0.15, 0.2) is 50.5 Å². The van der Waals surface area contributed by atoms with E-state index in [0.29, 0.717) is 41.3 Å². The Kier molecular flexibility index (Phi) is 6.15. The maximum absolute atomic E-state index is 13.5. The van der Waals surface area contributed by atoms with Gasteiger partial charge in [-0.15, -0.1) is 0 Å². The van der Waals surface area contributed by atoms with Crippen LogP contribution in [-0.2, 0) is 24.3 Å². The Bertz CT molecular complexity index is 1570. The number of benzene rings is 2. The lowest BCUT2D eigenvalue weighted by Crippen LogP contribution is -2.42. The van der Waals surface area contributed by atoms with E-state index in [2.05, 4.69) is 15.5 Å². The fraction of sp³-hybridized carbons (Fsp3) is 0.292. The highest BCUT2D eigenvalue weighted by Crippen LogP contribution is 2.34. The molecule has 0 spiro atoms. The first-order chi connectivity index (χ1) is 17.4. The topological polar surface area (TPSA) is 140 Å². The van der Waals surface area contributed by atoms with Gasteiger partial charge in [0, 0.05) is 19.0 Å². The zero-order valence-electron chi connectivity index (χ0n) is 19.6. The van der Waals surface area contributed by atoms with Crippen molar-refractivity contribution in [2.75, 3.05) is 18.7 Å². The van der Waals surface area contributed by atoms with Crippen molar-refractivity contribution in [1.29, 1.82) is 0 Å². The van der Waals surface area contributed by atoms with Gasteiger partial charge in [0.15, 0.2) is 17.3 Å². The molecule has 0 saturated heterocycles. The van der Waals surface area contributed by atoms with Gasteiger partial charge in [-0.05, 0) is 32.0 Å². The van der Waals surface area contributed by atoms with Crippen LogP contribution in [0.3, 0.4) is 0 Å². The first-order valence-corrected chi connectivity index (χ1v) is 11.3. The van der Waals surface area contributed by atoms with Gasteiger partial charge in [-0.3, -0.25) is 18.7 Å². The summed E-state index contributed by atoms with van der Waals surface area (Å²) in [6, 6.07) is 10.1. The molecule has 12 nitrogen and oxygen atoms in total. The summed E-state index contributed by atoms with van der Waals surface area (Å²) >= 11 is 0. The van der Waals surface area contributed by atoms with E-state index in [4.69, 9.17) is 18.7 Å². The normalized spacial score (nSPS) is 12.2. The van der Waals surface area contributed by atoms with Gasteiger partial charge in [0.25, 0.3) is 5.56 Å². The zero-order chi connectivity index (χ0) is 25.2. The van der Waals surface area contributed by atoms with Crippen molar-refractivity contribution >= 4 is 22.5 Å². The number of carbonyl (C=O) groups excluding carboxylic acids is 1. The van der Waals surface area contributed by atoms with Crippen LogP contribution < -0.4 is 30.8 Å². The van der Waals surface area contributed by atoms with Crippen LogP contribution in [0.1, 0.15) is 18.6 Å². The van der Waals surface area contributed by atoms with Gasteiger partial charge in [0.1, 0.15) is 12.3 Å². The second-order valence-electron chi connectivity index (χ2n) is 8.01. The molecule has 4 aromatic rings. The van der Waals surface area contributed by atoms with Crippen LogP contribution >= 0.6 is 0 Å². The molecule has 1 amide bonds. The molecule has 1 N–H and O–H groups in total. The third kappa shape index (κ3) is 4.40. The minimum absolute atomic E-state index is 0.00467. The van der Waals surface area contributed by atoms with Gasteiger partial charge in [0.05, 0.1) is 23.2 Å². The van der Waals surface area contributed by atoms with Crippen LogP contribution in [0, 0.1) is 6.92 Å². The summed E-state index contributed by atoms with van der Waals surface area (Å²) in [7, 11) is 0. The summed E-state index contributed by atoms with van der Waals surface area (Å²) in [6.45, 7) is 3.57. The third-order valence-electron chi connectivity index (χ3n) is 5.60. The summed E-state index contributed by atoms with van der Waals surface area (Å²) in [6.07, 6.45) is 0.167. The Morgan fingerprint density at radius 1 is 1.14 bits per heavy atom. The van der Waals surface area contributed by atoms with Crippen molar-refractivity contribution < 1.29 is 23.5 Å². The molecule has 186 valence electrons. The van der Waals surface area contributed by atoms with Gasteiger partial charge < -0.3 is 24.1 Å². The lowest BCUT2D eigenvalue weighted by atomic mass is 10.2. The van der Waals surface area contributed by atoms with Crippen LogP contribution in [-0.4, -0.2) is 38.6 Å². The van der Waals surface area contributed by atoms with Crippen LogP contribution in [0.25, 0.3) is 10.9 Å². The van der Waals surface area contributed by atoms with E-state index in [-0.39, 0.29) is 37.2 Å². The lowest BCUT2D eigenvalue weighted by Gasteiger charge is -2.15. The zero-order valence-corrected chi connectivity index (χ0v) is 19.6. The van der Waals surface area contributed by atoms with E-state index >= 15 is 0 Å². The molecular formula is C24H23N5O7. The molecule has 0 saturated carbocycles. The molecule has 0 bridgehead atoms. The van der Waals surface area contributed by atoms with E-state index < -0.39 is 17.2 Å². The number of rotatable bonds is 8. The van der Waals surface area contributed by atoms with Crippen molar-refractivity contribution in [2.24, 2.45) is 0 Å². The lowest BCUT2D eigenvalue weighted by molar-refractivity contribution is -0.116. The minimum Gasteiger partial charge on any atom is -0.492 e. The van der Waals surface area contributed by atoms with Gasteiger partial charge in [-0.2, -0.15) is 4.98 Å². The molecule has 0 fully saturated rings. The summed E-state index contributed by atoms with van der Waals surface area (Å²) in [5.74, 6) is 1.55. The molecule has 0 unspecified atom stereocenters. The Morgan fingerprint density at radius 2 is 1.92 bits per heavy atom. The number of amides is 1. The molecule has 1 aliphatic rings. The molecule has 3 heterocycles. The van der Waals surface area contributed by atoms with E-state index in [1.54, 1.807) is 31.2 Å². The number of hydrogen-bond donors (Lipinski definition) is 1. The largest absolute Gasteiger partial charge is 0.492 e. The van der Waals surface area contributed by atoms with Crippen LogP contribution in [0.2, 0.25) is 0 Å². The van der Waals surface area contributed by atoms with Crippen LogP contribution in [0.5, 0.6) is 17.2 Å². The molecule has 1 aliphatic heterocycles. The first kappa shape index (κ1) is 23.1. The quantitative estimate of drug-likeness (QED) is 0.389. The monoisotopic (exact) mass is 493 g/mol. The fourth-order valence-electron chi connectivity index (χ4n) is 3.99. The van der Waals surface area contributed by atoms with Crippen molar-refractivity contribution in [1.82, 2.24) is 19.3 Å².